The number of nitro benzene ring substituents is 1. The molecule has 143 valence electrons. The lowest BCUT2D eigenvalue weighted by Gasteiger charge is -2.40. The van der Waals surface area contributed by atoms with Crippen molar-refractivity contribution >= 4 is 11.4 Å². The summed E-state index contributed by atoms with van der Waals surface area (Å²) >= 11 is 0. The van der Waals surface area contributed by atoms with E-state index in [1.807, 2.05) is 0 Å². The van der Waals surface area contributed by atoms with Crippen molar-refractivity contribution in [2.24, 2.45) is 0 Å². The molecule has 3 rings (SSSR count). The van der Waals surface area contributed by atoms with Gasteiger partial charge in [-0.1, -0.05) is 6.92 Å². The van der Waals surface area contributed by atoms with Gasteiger partial charge in [0.15, 0.2) is 0 Å². The molecule has 1 saturated heterocycles. The van der Waals surface area contributed by atoms with Gasteiger partial charge in [-0.15, -0.1) is 0 Å². The van der Waals surface area contributed by atoms with E-state index < -0.39 is 10.7 Å². The Morgan fingerprint density at radius 1 is 1.04 bits per heavy atom. The zero-order valence-corrected chi connectivity index (χ0v) is 15.0. The average molecular weight is 374 g/mol. The summed E-state index contributed by atoms with van der Waals surface area (Å²) in [5.74, 6) is -0.861. The molecule has 0 N–H and O–H groups in total. The number of halogens is 2. The first-order chi connectivity index (χ1) is 13.0. The molecule has 0 aliphatic carbocycles. The summed E-state index contributed by atoms with van der Waals surface area (Å²) in [7, 11) is 0. The van der Waals surface area contributed by atoms with Crippen molar-refractivity contribution in [2.75, 3.05) is 31.1 Å². The van der Waals surface area contributed by atoms with Crippen molar-refractivity contribution in [3.8, 4) is 0 Å². The first-order valence-corrected chi connectivity index (χ1v) is 8.94. The minimum atomic E-state index is -0.607. The number of benzene rings is 2. The summed E-state index contributed by atoms with van der Waals surface area (Å²) < 4.78 is 26.4. The van der Waals surface area contributed by atoms with Gasteiger partial charge in [0.05, 0.1) is 11.0 Å². The summed E-state index contributed by atoms with van der Waals surface area (Å²) in [6, 6.07) is 10.2. The van der Waals surface area contributed by atoms with Gasteiger partial charge in [0.2, 0.25) is 0 Å². The molecule has 0 bridgehead atoms. The lowest BCUT2D eigenvalue weighted by Crippen LogP contribution is -2.51. The van der Waals surface area contributed by atoms with E-state index in [9.17, 15) is 18.9 Å². The maximum atomic E-state index is 13.4. The fourth-order valence-corrected chi connectivity index (χ4v) is 3.54. The van der Waals surface area contributed by atoms with E-state index in [1.165, 1.54) is 24.3 Å². The topological polar surface area (TPSA) is 49.6 Å². The second kappa shape index (κ2) is 8.43. The SMILES string of the molecule is [CH2]CC(Cc1ccc(F)cc1[N+](=O)[O-])N1CCN(c2ccc(F)cc2)CC1. The van der Waals surface area contributed by atoms with Crippen LogP contribution in [0.5, 0.6) is 0 Å². The van der Waals surface area contributed by atoms with Gasteiger partial charge in [-0.05, 0) is 49.2 Å². The lowest BCUT2D eigenvalue weighted by atomic mass is 10.00. The smallest absolute Gasteiger partial charge is 0.275 e. The number of piperazine rings is 1. The van der Waals surface area contributed by atoms with Crippen molar-refractivity contribution in [1.29, 1.82) is 0 Å². The monoisotopic (exact) mass is 374 g/mol. The molecule has 7 heteroatoms. The highest BCUT2D eigenvalue weighted by Gasteiger charge is 2.26. The van der Waals surface area contributed by atoms with Crippen LogP contribution in [0, 0.1) is 28.7 Å². The van der Waals surface area contributed by atoms with Crippen molar-refractivity contribution in [1.82, 2.24) is 4.90 Å². The van der Waals surface area contributed by atoms with Gasteiger partial charge in [-0.3, -0.25) is 15.0 Å². The molecule has 0 aromatic heterocycles. The zero-order chi connectivity index (χ0) is 19.4. The number of hydrogen-bond acceptors (Lipinski definition) is 4. The predicted molar refractivity (Wildman–Crippen MR) is 101 cm³/mol. The maximum Gasteiger partial charge on any atom is 0.275 e. The fourth-order valence-electron chi connectivity index (χ4n) is 3.54. The molecule has 5 nitrogen and oxygen atoms in total. The minimum absolute atomic E-state index is 0.0459. The van der Waals surface area contributed by atoms with Crippen molar-refractivity contribution in [2.45, 2.75) is 18.9 Å². The quantitative estimate of drug-likeness (QED) is 0.570. The van der Waals surface area contributed by atoms with Gasteiger partial charge in [0.25, 0.3) is 5.69 Å². The lowest BCUT2D eigenvalue weighted by molar-refractivity contribution is -0.385. The molecule has 1 unspecified atom stereocenters. The van der Waals surface area contributed by atoms with Crippen molar-refractivity contribution in [3.05, 3.63) is 76.7 Å². The summed E-state index contributed by atoms with van der Waals surface area (Å²) in [6.45, 7) is 7.13. The Hall–Kier alpha value is -2.54. The highest BCUT2D eigenvalue weighted by molar-refractivity contribution is 5.46. The molecule has 1 aliphatic heterocycles. The minimum Gasteiger partial charge on any atom is -0.369 e. The van der Waals surface area contributed by atoms with Crippen LogP contribution < -0.4 is 4.90 Å². The third kappa shape index (κ3) is 4.60. The average Bonchev–Trinajstić information content (AvgIpc) is 2.68. The molecule has 2 aromatic rings. The molecule has 0 spiro atoms. The Labute approximate surface area is 157 Å². The largest absolute Gasteiger partial charge is 0.369 e. The van der Waals surface area contributed by atoms with Gasteiger partial charge in [0.1, 0.15) is 11.6 Å². The Morgan fingerprint density at radius 2 is 1.67 bits per heavy atom. The first kappa shape index (κ1) is 19.2. The van der Waals surface area contributed by atoms with E-state index in [0.717, 1.165) is 37.9 Å². The second-order valence-electron chi connectivity index (χ2n) is 6.68. The Kier molecular flexibility index (Phi) is 6.01. The van der Waals surface area contributed by atoms with E-state index in [4.69, 9.17) is 0 Å². The van der Waals surface area contributed by atoms with Crippen LogP contribution in [0.25, 0.3) is 0 Å². The number of anilines is 1. The number of hydrogen-bond donors (Lipinski definition) is 0. The zero-order valence-electron chi connectivity index (χ0n) is 15.0. The molecule has 1 heterocycles. The predicted octanol–water partition coefficient (Wildman–Crippen LogP) is 3.83. The van der Waals surface area contributed by atoms with Crippen LogP contribution in [0.15, 0.2) is 42.5 Å². The highest BCUT2D eigenvalue weighted by atomic mass is 19.1. The van der Waals surface area contributed by atoms with Crippen LogP contribution in [0.4, 0.5) is 20.2 Å². The molecule has 1 fully saturated rings. The Balaban J connectivity index is 1.66. The van der Waals surface area contributed by atoms with Crippen LogP contribution in [-0.2, 0) is 6.42 Å². The maximum absolute atomic E-state index is 13.4. The standard InChI is InChI=1S/C20H22F2N3O2/c1-2-18(13-15-3-4-17(22)14-20(15)25(26)27)23-9-11-24(12-10-23)19-7-5-16(21)6-8-19/h3-8,14,18H,1-2,9-13H2. The van der Waals surface area contributed by atoms with E-state index in [2.05, 4.69) is 16.7 Å². The molecule has 1 atom stereocenters. The van der Waals surface area contributed by atoms with E-state index in [1.54, 1.807) is 12.1 Å². The van der Waals surface area contributed by atoms with Gasteiger partial charge >= 0.3 is 0 Å². The summed E-state index contributed by atoms with van der Waals surface area (Å²) in [6.07, 6.45) is 1.06. The second-order valence-corrected chi connectivity index (χ2v) is 6.68. The number of rotatable bonds is 6. The number of nitrogens with zero attached hydrogens (tertiary/aromatic N) is 3. The third-order valence-corrected chi connectivity index (χ3v) is 5.06. The molecular weight excluding hydrogens is 352 g/mol. The van der Waals surface area contributed by atoms with Crippen LogP contribution >= 0.6 is 0 Å². The molecular formula is C20H22F2N3O2. The summed E-state index contributed by atoms with van der Waals surface area (Å²) in [4.78, 5) is 15.1. The van der Waals surface area contributed by atoms with Crippen LogP contribution in [0.2, 0.25) is 0 Å². The molecule has 1 radical (unpaired) electrons. The van der Waals surface area contributed by atoms with Crippen molar-refractivity contribution < 1.29 is 13.7 Å². The normalized spacial score (nSPS) is 16.3. The molecule has 0 saturated carbocycles. The van der Waals surface area contributed by atoms with Gasteiger partial charge in [-0.2, -0.15) is 0 Å². The summed E-state index contributed by atoms with van der Waals surface area (Å²) in [5, 5.41) is 11.2. The molecule has 0 amide bonds. The van der Waals surface area contributed by atoms with Crippen molar-refractivity contribution in [3.63, 3.8) is 0 Å². The van der Waals surface area contributed by atoms with E-state index in [0.29, 0.717) is 18.4 Å². The van der Waals surface area contributed by atoms with E-state index in [-0.39, 0.29) is 17.5 Å². The first-order valence-electron chi connectivity index (χ1n) is 8.94. The van der Waals surface area contributed by atoms with Gasteiger partial charge in [-0.25, -0.2) is 8.78 Å². The Bertz CT molecular complexity index is 790. The highest BCUT2D eigenvalue weighted by Crippen LogP contribution is 2.25. The Morgan fingerprint density at radius 3 is 2.26 bits per heavy atom. The number of nitro groups is 1. The van der Waals surface area contributed by atoms with Crippen LogP contribution in [-0.4, -0.2) is 42.0 Å². The van der Waals surface area contributed by atoms with Crippen LogP contribution in [0.1, 0.15) is 12.0 Å². The molecule has 2 aromatic carbocycles. The third-order valence-electron chi connectivity index (χ3n) is 5.06. The van der Waals surface area contributed by atoms with Gasteiger partial charge < -0.3 is 4.90 Å². The summed E-state index contributed by atoms with van der Waals surface area (Å²) in [5.41, 5.74) is 1.32. The molecule has 27 heavy (non-hydrogen) atoms. The molecule has 1 aliphatic rings. The van der Waals surface area contributed by atoms with Gasteiger partial charge in [0, 0.05) is 43.5 Å². The van der Waals surface area contributed by atoms with Crippen LogP contribution in [0.3, 0.4) is 0 Å². The van der Waals surface area contributed by atoms with E-state index >= 15 is 0 Å². The fraction of sp³-hybridized carbons (Fsp3) is 0.350.